The van der Waals surface area contributed by atoms with E-state index < -0.39 is 0 Å². The van der Waals surface area contributed by atoms with Crippen molar-refractivity contribution >= 4 is 5.91 Å². The first kappa shape index (κ1) is 14.8. The predicted octanol–water partition coefficient (Wildman–Crippen LogP) is 1.38. The third kappa shape index (κ3) is 4.18. The quantitative estimate of drug-likeness (QED) is 0.792. The number of piperidine rings is 1. The Morgan fingerprint density at radius 3 is 2.74 bits per heavy atom. The number of amides is 1. The molecule has 1 aliphatic carbocycles. The van der Waals surface area contributed by atoms with E-state index in [1.54, 1.807) is 0 Å². The van der Waals surface area contributed by atoms with E-state index in [4.69, 9.17) is 0 Å². The van der Waals surface area contributed by atoms with Gasteiger partial charge in [0.2, 0.25) is 5.91 Å². The van der Waals surface area contributed by atoms with Crippen LogP contribution in [0, 0.1) is 11.8 Å². The Kier molecular flexibility index (Phi) is 5.22. The van der Waals surface area contributed by atoms with Crippen LogP contribution in [0.4, 0.5) is 0 Å². The highest BCUT2D eigenvalue weighted by Crippen LogP contribution is 2.26. The Morgan fingerprint density at radius 2 is 2.16 bits per heavy atom. The van der Waals surface area contributed by atoms with Crippen molar-refractivity contribution < 1.29 is 9.90 Å². The summed E-state index contributed by atoms with van der Waals surface area (Å²) in [6.07, 6.45) is 5.60. The number of carbonyl (C=O) groups is 1. The summed E-state index contributed by atoms with van der Waals surface area (Å²) < 4.78 is 0. The van der Waals surface area contributed by atoms with Gasteiger partial charge >= 0.3 is 0 Å². The molecule has 2 aliphatic rings. The number of carbonyl (C=O) groups excluding carboxylic acids is 1. The molecule has 4 heteroatoms. The van der Waals surface area contributed by atoms with Crippen LogP contribution in [-0.4, -0.2) is 47.7 Å². The van der Waals surface area contributed by atoms with E-state index in [0.29, 0.717) is 18.4 Å². The fourth-order valence-electron chi connectivity index (χ4n) is 3.13. The molecular formula is C15H28N2O2. The summed E-state index contributed by atoms with van der Waals surface area (Å²) in [5, 5.41) is 12.9. The largest absolute Gasteiger partial charge is 0.392 e. The number of rotatable bonds is 5. The molecule has 1 amide bonds. The van der Waals surface area contributed by atoms with Crippen molar-refractivity contribution in [2.75, 3.05) is 19.6 Å². The highest BCUT2D eigenvalue weighted by molar-refractivity contribution is 5.78. The van der Waals surface area contributed by atoms with Crippen LogP contribution < -0.4 is 5.32 Å². The molecule has 0 aromatic carbocycles. The molecule has 4 nitrogen and oxygen atoms in total. The van der Waals surface area contributed by atoms with E-state index in [0.717, 1.165) is 25.9 Å². The third-order valence-corrected chi connectivity index (χ3v) is 4.74. The summed E-state index contributed by atoms with van der Waals surface area (Å²) in [5.41, 5.74) is 0. The van der Waals surface area contributed by atoms with Crippen molar-refractivity contribution in [2.24, 2.45) is 11.8 Å². The maximum atomic E-state index is 12.0. The second-order valence-electron chi connectivity index (χ2n) is 6.51. The first-order valence-corrected chi connectivity index (χ1v) is 7.75. The van der Waals surface area contributed by atoms with E-state index in [-0.39, 0.29) is 18.1 Å². The highest BCUT2D eigenvalue weighted by Gasteiger charge is 2.30. The first-order chi connectivity index (χ1) is 9.06. The van der Waals surface area contributed by atoms with Gasteiger partial charge in [-0.2, -0.15) is 0 Å². The van der Waals surface area contributed by atoms with Gasteiger partial charge in [-0.25, -0.2) is 0 Å². The molecule has 1 heterocycles. The highest BCUT2D eigenvalue weighted by atomic mass is 16.3. The molecule has 0 radical (unpaired) electrons. The monoisotopic (exact) mass is 268 g/mol. The third-order valence-electron chi connectivity index (χ3n) is 4.74. The molecule has 3 atom stereocenters. The van der Waals surface area contributed by atoms with Crippen LogP contribution in [0.2, 0.25) is 0 Å². The van der Waals surface area contributed by atoms with Gasteiger partial charge in [-0.1, -0.05) is 13.3 Å². The van der Waals surface area contributed by atoms with Gasteiger partial charge in [-0.05, 0) is 51.0 Å². The number of likely N-dealkylation sites (tertiary alicyclic amines) is 1. The Morgan fingerprint density at radius 1 is 1.42 bits per heavy atom. The molecule has 110 valence electrons. The second kappa shape index (κ2) is 6.71. The molecular weight excluding hydrogens is 240 g/mol. The Balaban J connectivity index is 1.76. The summed E-state index contributed by atoms with van der Waals surface area (Å²) in [6.45, 7) is 6.26. The summed E-state index contributed by atoms with van der Waals surface area (Å²) in [7, 11) is 0. The van der Waals surface area contributed by atoms with E-state index >= 15 is 0 Å². The molecule has 0 unspecified atom stereocenters. The second-order valence-corrected chi connectivity index (χ2v) is 6.51. The predicted molar refractivity (Wildman–Crippen MR) is 75.8 cm³/mol. The zero-order chi connectivity index (χ0) is 13.8. The minimum absolute atomic E-state index is 0.118. The lowest BCUT2D eigenvalue weighted by Gasteiger charge is -2.39. The summed E-state index contributed by atoms with van der Waals surface area (Å²) in [6, 6.07) is 0.137. The average Bonchev–Trinajstić information content (AvgIpc) is 2.29. The van der Waals surface area contributed by atoms with Crippen molar-refractivity contribution in [3.63, 3.8) is 0 Å². The van der Waals surface area contributed by atoms with Gasteiger partial charge in [0, 0.05) is 12.6 Å². The molecule has 0 bridgehead atoms. The van der Waals surface area contributed by atoms with Gasteiger partial charge in [-0.3, -0.25) is 9.69 Å². The summed E-state index contributed by atoms with van der Waals surface area (Å²) in [4.78, 5) is 14.1. The number of nitrogens with zero attached hydrogens (tertiary/aromatic N) is 1. The normalized spacial score (nSPS) is 30.7. The number of hydrogen-bond donors (Lipinski definition) is 2. The zero-order valence-corrected chi connectivity index (χ0v) is 12.3. The van der Waals surface area contributed by atoms with Gasteiger partial charge in [-0.15, -0.1) is 0 Å². The van der Waals surface area contributed by atoms with Crippen LogP contribution in [0.1, 0.15) is 46.0 Å². The Bertz CT molecular complexity index is 303. The van der Waals surface area contributed by atoms with Crippen LogP contribution in [0.3, 0.4) is 0 Å². The van der Waals surface area contributed by atoms with Gasteiger partial charge in [0.25, 0.3) is 0 Å². The van der Waals surface area contributed by atoms with Gasteiger partial charge < -0.3 is 10.4 Å². The fraction of sp³-hybridized carbons (Fsp3) is 0.933. The van der Waals surface area contributed by atoms with Crippen LogP contribution in [-0.2, 0) is 4.79 Å². The number of hydrogen-bond acceptors (Lipinski definition) is 3. The first-order valence-electron chi connectivity index (χ1n) is 7.75. The van der Waals surface area contributed by atoms with E-state index in [2.05, 4.69) is 17.1 Å². The number of aliphatic hydroxyl groups excluding tert-OH is 1. The molecule has 0 aromatic heterocycles. The number of aliphatic hydroxyl groups is 1. The fourth-order valence-corrected chi connectivity index (χ4v) is 3.13. The Hall–Kier alpha value is -0.610. The lowest BCUT2D eigenvalue weighted by molar-refractivity contribution is -0.124. The van der Waals surface area contributed by atoms with Gasteiger partial charge in [0.1, 0.15) is 0 Å². The van der Waals surface area contributed by atoms with Gasteiger partial charge in [0.15, 0.2) is 0 Å². The van der Waals surface area contributed by atoms with E-state index in [1.165, 1.54) is 19.3 Å². The molecule has 1 saturated carbocycles. The maximum absolute atomic E-state index is 12.0. The number of nitrogens with one attached hydrogen (secondary N) is 1. The molecule has 2 rings (SSSR count). The minimum atomic E-state index is -0.359. The van der Waals surface area contributed by atoms with Crippen molar-refractivity contribution in [1.82, 2.24) is 10.2 Å². The molecule has 2 N–H and O–H groups in total. The SMILES string of the molecule is C[C@@H]1CCN(CC(=O)NCC2CCC2)[C@H]([C@H](C)O)C1. The minimum Gasteiger partial charge on any atom is -0.392 e. The van der Waals surface area contributed by atoms with Gasteiger partial charge in [0.05, 0.1) is 12.6 Å². The van der Waals surface area contributed by atoms with Crippen LogP contribution in [0.25, 0.3) is 0 Å². The van der Waals surface area contributed by atoms with Crippen molar-refractivity contribution in [3.05, 3.63) is 0 Å². The lowest BCUT2D eigenvalue weighted by atomic mass is 9.85. The molecule has 0 spiro atoms. The summed E-state index contributed by atoms with van der Waals surface area (Å²) in [5.74, 6) is 1.47. The van der Waals surface area contributed by atoms with Crippen LogP contribution in [0.15, 0.2) is 0 Å². The molecule has 2 fully saturated rings. The topological polar surface area (TPSA) is 52.6 Å². The van der Waals surface area contributed by atoms with Crippen molar-refractivity contribution in [3.8, 4) is 0 Å². The molecule has 1 aliphatic heterocycles. The van der Waals surface area contributed by atoms with Crippen LogP contribution >= 0.6 is 0 Å². The van der Waals surface area contributed by atoms with Crippen LogP contribution in [0.5, 0.6) is 0 Å². The lowest BCUT2D eigenvalue weighted by Crippen LogP contribution is -2.51. The standard InChI is InChI=1S/C15H28N2O2/c1-11-6-7-17(14(8-11)12(2)18)10-15(19)16-9-13-4-3-5-13/h11-14,18H,3-10H2,1-2H3,(H,16,19)/t11-,12+,14+/m1/s1. The van der Waals surface area contributed by atoms with Crippen molar-refractivity contribution in [1.29, 1.82) is 0 Å². The maximum Gasteiger partial charge on any atom is 0.234 e. The van der Waals surface area contributed by atoms with E-state index in [1.807, 2.05) is 6.92 Å². The Labute approximate surface area is 116 Å². The smallest absolute Gasteiger partial charge is 0.234 e. The van der Waals surface area contributed by atoms with Crippen molar-refractivity contribution in [2.45, 2.75) is 58.1 Å². The molecule has 1 saturated heterocycles. The van der Waals surface area contributed by atoms with E-state index in [9.17, 15) is 9.90 Å². The summed E-state index contributed by atoms with van der Waals surface area (Å²) >= 11 is 0. The zero-order valence-electron chi connectivity index (χ0n) is 12.3. The molecule has 19 heavy (non-hydrogen) atoms. The molecule has 0 aromatic rings. The average molecular weight is 268 g/mol.